The minimum Gasteiger partial charge on any atom is -0.0683 e. The molecule has 0 fully saturated rings. The van der Waals surface area contributed by atoms with Crippen LogP contribution in [0.15, 0.2) is 36.4 Å². The Balaban J connectivity index is -0.000000155. The SMILES string of the molecule is CC.CCC.CCC(C)C.c1ccccc1. The van der Waals surface area contributed by atoms with Crippen molar-refractivity contribution < 1.29 is 0 Å². The van der Waals surface area contributed by atoms with Gasteiger partial charge in [-0.3, -0.25) is 0 Å². The molecule has 0 aromatic heterocycles. The van der Waals surface area contributed by atoms with Crippen LogP contribution in [0.2, 0.25) is 0 Å². The summed E-state index contributed by atoms with van der Waals surface area (Å²) in [5.74, 6) is 0.884. The summed E-state index contributed by atoms with van der Waals surface area (Å²) in [5.41, 5.74) is 0. The molecule has 0 radical (unpaired) electrons. The molecule has 0 N–H and O–H groups in total. The van der Waals surface area contributed by atoms with Crippen molar-refractivity contribution in [3.8, 4) is 0 Å². The molecule has 0 amide bonds. The Morgan fingerprint density at radius 3 is 0.875 bits per heavy atom. The van der Waals surface area contributed by atoms with E-state index >= 15 is 0 Å². The Kier molecular flexibility index (Phi) is 30.6. The van der Waals surface area contributed by atoms with Crippen LogP contribution >= 0.6 is 0 Å². The van der Waals surface area contributed by atoms with Crippen molar-refractivity contribution in [2.45, 2.75) is 61.3 Å². The van der Waals surface area contributed by atoms with Crippen LogP contribution in [0.25, 0.3) is 0 Å². The van der Waals surface area contributed by atoms with Gasteiger partial charge in [0.2, 0.25) is 0 Å². The predicted molar refractivity (Wildman–Crippen MR) is 78.9 cm³/mol. The van der Waals surface area contributed by atoms with Crippen molar-refractivity contribution in [3.63, 3.8) is 0 Å². The highest BCUT2D eigenvalue weighted by molar-refractivity contribution is 4.99. The van der Waals surface area contributed by atoms with Crippen LogP contribution in [-0.4, -0.2) is 0 Å². The standard InChI is InChI=1S/C6H6.C5H12.C3H8.C2H6/c1-2-4-6-5-3-1;1-4-5(2)3;1-3-2;1-2/h1-6H;5H,4H2,1-3H3;3H2,1-2H3;1-2H3. The van der Waals surface area contributed by atoms with E-state index in [9.17, 15) is 0 Å². The Bertz CT molecular complexity index is 126. The minimum atomic E-state index is 0.884. The average Bonchev–Trinajstić information content (AvgIpc) is 2.35. The van der Waals surface area contributed by atoms with Gasteiger partial charge < -0.3 is 0 Å². The summed E-state index contributed by atoms with van der Waals surface area (Å²) >= 11 is 0. The number of rotatable bonds is 1. The maximum Gasteiger partial charge on any atom is -0.0474 e. The molecular weight excluding hydrogens is 192 g/mol. The molecule has 0 spiro atoms. The van der Waals surface area contributed by atoms with Gasteiger partial charge in [-0.15, -0.1) is 0 Å². The second-order valence-electron chi connectivity index (χ2n) is 3.66. The monoisotopic (exact) mass is 224 g/mol. The summed E-state index contributed by atoms with van der Waals surface area (Å²) in [4.78, 5) is 0. The van der Waals surface area contributed by atoms with Gasteiger partial charge in [0.05, 0.1) is 0 Å². The van der Waals surface area contributed by atoms with E-state index in [1.807, 2.05) is 50.2 Å². The summed E-state index contributed by atoms with van der Waals surface area (Å²) in [6.07, 6.45) is 2.56. The Labute approximate surface area is 104 Å². The molecule has 0 saturated carbocycles. The van der Waals surface area contributed by atoms with Gasteiger partial charge in [-0.1, -0.05) is 97.7 Å². The van der Waals surface area contributed by atoms with Crippen molar-refractivity contribution in [3.05, 3.63) is 36.4 Å². The number of hydrogen-bond acceptors (Lipinski definition) is 0. The fourth-order valence-electron chi connectivity index (χ4n) is 0.385. The van der Waals surface area contributed by atoms with E-state index in [1.54, 1.807) is 0 Å². The molecular formula is C16H32. The number of benzene rings is 1. The van der Waals surface area contributed by atoms with E-state index in [-0.39, 0.29) is 0 Å². The fraction of sp³-hybridized carbons (Fsp3) is 0.625. The Hall–Kier alpha value is -0.780. The first kappa shape index (κ1) is 20.6. The molecule has 16 heavy (non-hydrogen) atoms. The van der Waals surface area contributed by atoms with E-state index in [0.29, 0.717) is 0 Å². The van der Waals surface area contributed by atoms with Gasteiger partial charge in [0, 0.05) is 0 Å². The summed E-state index contributed by atoms with van der Waals surface area (Å²) < 4.78 is 0. The third-order valence-electron chi connectivity index (χ3n) is 1.48. The zero-order valence-corrected chi connectivity index (χ0v) is 12.5. The second-order valence-corrected chi connectivity index (χ2v) is 3.66. The normalized spacial score (nSPS) is 7.50. The molecule has 0 aliphatic rings. The first-order chi connectivity index (χ1) is 7.68. The lowest BCUT2D eigenvalue weighted by Gasteiger charge is -1.90. The zero-order valence-electron chi connectivity index (χ0n) is 12.5. The number of hydrogen-bond donors (Lipinski definition) is 0. The van der Waals surface area contributed by atoms with Gasteiger partial charge in [0.1, 0.15) is 0 Å². The predicted octanol–water partition coefficient (Wildman–Crippen LogP) is 6.18. The maximum atomic E-state index is 2.22. The maximum absolute atomic E-state index is 2.22. The van der Waals surface area contributed by atoms with Crippen LogP contribution < -0.4 is 0 Å². The van der Waals surface area contributed by atoms with Gasteiger partial charge in [0.25, 0.3) is 0 Å². The molecule has 96 valence electrons. The van der Waals surface area contributed by atoms with Gasteiger partial charge in [-0.05, 0) is 5.92 Å². The van der Waals surface area contributed by atoms with E-state index in [2.05, 4.69) is 34.6 Å². The lowest BCUT2D eigenvalue weighted by molar-refractivity contribution is 0.626. The van der Waals surface area contributed by atoms with Crippen molar-refractivity contribution >= 4 is 0 Å². The molecule has 1 rings (SSSR count). The largest absolute Gasteiger partial charge is 0.0683 e. The quantitative estimate of drug-likeness (QED) is 0.534. The molecule has 0 unspecified atom stereocenters. The lowest BCUT2D eigenvalue weighted by Crippen LogP contribution is -1.77. The van der Waals surface area contributed by atoms with Gasteiger partial charge in [-0.2, -0.15) is 0 Å². The van der Waals surface area contributed by atoms with Crippen molar-refractivity contribution in [2.75, 3.05) is 0 Å². The first-order valence-electron chi connectivity index (χ1n) is 6.68. The van der Waals surface area contributed by atoms with Crippen LogP contribution in [0.1, 0.15) is 61.3 Å². The lowest BCUT2D eigenvalue weighted by atomic mass is 10.2. The van der Waals surface area contributed by atoms with E-state index in [1.165, 1.54) is 12.8 Å². The minimum absolute atomic E-state index is 0.884. The third kappa shape index (κ3) is 37.9. The van der Waals surface area contributed by atoms with Crippen LogP contribution in [0.4, 0.5) is 0 Å². The molecule has 0 heterocycles. The topological polar surface area (TPSA) is 0 Å². The smallest absolute Gasteiger partial charge is 0.0474 e. The highest BCUT2D eigenvalue weighted by Gasteiger charge is 1.80. The van der Waals surface area contributed by atoms with Crippen molar-refractivity contribution in [1.29, 1.82) is 0 Å². The molecule has 1 aromatic rings. The molecule has 1 aromatic carbocycles. The van der Waals surface area contributed by atoms with Crippen LogP contribution in [0.3, 0.4) is 0 Å². The summed E-state index contributed by atoms with van der Waals surface area (Å²) in [5, 5.41) is 0. The van der Waals surface area contributed by atoms with Crippen molar-refractivity contribution in [1.82, 2.24) is 0 Å². The summed E-state index contributed by atoms with van der Waals surface area (Å²) in [6.45, 7) is 14.9. The average molecular weight is 224 g/mol. The Morgan fingerprint density at radius 2 is 0.812 bits per heavy atom. The van der Waals surface area contributed by atoms with Gasteiger partial charge in [-0.25, -0.2) is 0 Å². The van der Waals surface area contributed by atoms with Gasteiger partial charge in [0.15, 0.2) is 0 Å². The van der Waals surface area contributed by atoms with E-state index < -0.39 is 0 Å². The Morgan fingerprint density at radius 1 is 0.688 bits per heavy atom. The molecule has 0 atom stereocenters. The highest BCUT2D eigenvalue weighted by Crippen LogP contribution is 1.93. The van der Waals surface area contributed by atoms with E-state index in [0.717, 1.165) is 5.92 Å². The third-order valence-corrected chi connectivity index (χ3v) is 1.48. The zero-order chi connectivity index (χ0) is 13.2. The van der Waals surface area contributed by atoms with Crippen LogP contribution in [0.5, 0.6) is 0 Å². The summed E-state index contributed by atoms with van der Waals surface area (Å²) in [6, 6.07) is 12.0. The molecule has 0 saturated heterocycles. The molecule has 0 bridgehead atoms. The van der Waals surface area contributed by atoms with E-state index in [4.69, 9.17) is 0 Å². The van der Waals surface area contributed by atoms with Crippen LogP contribution in [-0.2, 0) is 0 Å². The fourth-order valence-corrected chi connectivity index (χ4v) is 0.385. The molecule has 0 aliphatic heterocycles. The van der Waals surface area contributed by atoms with Crippen molar-refractivity contribution in [2.24, 2.45) is 5.92 Å². The summed E-state index contributed by atoms with van der Waals surface area (Å²) in [7, 11) is 0. The molecule has 0 aliphatic carbocycles. The molecule has 0 nitrogen and oxygen atoms in total. The van der Waals surface area contributed by atoms with Gasteiger partial charge >= 0.3 is 0 Å². The molecule has 0 heteroatoms. The highest BCUT2D eigenvalue weighted by atomic mass is 13.9. The van der Waals surface area contributed by atoms with Crippen LogP contribution in [0, 0.1) is 5.92 Å². The first-order valence-corrected chi connectivity index (χ1v) is 6.68. The second kappa shape index (κ2) is 23.8.